The highest BCUT2D eigenvalue weighted by Gasteiger charge is 2.10. The Kier molecular flexibility index (Phi) is 6.31. The number of benzene rings is 1. The maximum absolute atomic E-state index is 11.9. The van der Waals surface area contributed by atoms with Crippen LogP contribution in [0.3, 0.4) is 0 Å². The van der Waals surface area contributed by atoms with E-state index in [2.05, 4.69) is 15.3 Å². The van der Waals surface area contributed by atoms with E-state index in [4.69, 9.17) is 16.3 Å². The molecule has 0 aliphatic heterocycles. The molecule has 0 saturated heterocycles. The number of carbonyl (C=O) groups is 1. The van der Waals surface area contributed by atoms with E-state index in [0.29, 0.717) is 36.0 Å². The molecule has 7 nitrogen and oxygen atoms in total. The first-order valence-electron chi connectivity index (χ1n) is 7.60. The second-order valence-corrected chi connectivity index (χ2v) is 5.64. The lowest BCUT2D eigenvalue weighted by Crippen LogP contribution is -2.17. The van der Waals surface area contributed by atoms with E-state index in [-0.39, 0.29) is 12.4 Å². The van der Waals surface area contributed by atoms with Crippen molar-refractivity contribution in [1.29, 1.82) is 0 Å². The Morgan fingerprint density at radius 3 is 2.71 bits per heavy atom. The second kappa shape index (κ2) is 8.44. The Hall–Kier alpha value is -2.41. The largest absolute Gasteiger partial charge is 0.466 e. The molecule has 0 atom stereocenters. The Morgan fingerprint density at radius 1 is 1.33 bits per heavy atom. The molecule has 8 heteroatoms. The van der Waals surface area contributed by atoms with Crippen LogP contribution in [0.2, 0.25) is 5.02 Å². The van der Waals surface area contributed by atoms with Crippen molar-refractivity contribution in [2.24, 2.45) is 5.10 Å². The number of rotatable bonds is 7. The summed E-state index contributed by atoms with van der Waals surface area (Å²) in [6, 6.07) is 7.28. The number of hydrogen-bond acceptors (Lipinski definition) is 5. The van der Waals surface area contributed by atoms with Gasteiger partial charge in [-0.05, 0) is 38.0 Å². The highest BCUT2D eigenvalue weighted by molar-refractivity contribution is 6.30. The molecule has 2 aromatic rings. The lowest BCUT2D eigenvalue weighted by Gasteiger charge is -2.04. The summed E-state index contributed by atoms with van der Waals surface area (Å²) in [6.45, 7) is 3.86. The topological polar surface area (TPSA) is 89.3 Å². The standard InChI is InChI=1S/C16H19ClN4O3/c1-3-24-15(22)9-4-11(2)20-21-14(18-19-16(21)23)10-12-5-7-13(17)8-6-12/h5-8H,3-4,9-10H2,1-2H3,(H,19,23)/b20-11-. The molecule has 1 aromatic carbocycles. The van der Waals surface area contributed by atoms with Gasteiger partial charge in [-0.25, -0.2) is 9.89 Å². The minimum absolute atomic E-state index is 0.224. The smallest absolute Gasteiger partial charge is 0.364 e. The Bertz CT molecular complexity index is 777. The van der Waals surface area contributed by atoms with Crippen molar-refractivity contribution in [2.45, 2.75) is 33.1 Å². The van der Waals surface area contributed by atoms with Crippen molar-refractivity contribution in [1.82, 2.24) is 14.9 Å². The van der Waals surface area contributed by atoms with Gasteiger partial charge in [-0.15, -0.1) is 0 Å². The number of carbonyl (C=O) groups excluding carboxylic acids is 1. The molecule has 0 radical (unpaired) electrons. The van der Waals surface area contributed by atoms with Crippen LogP contribution in [0.25, 0.3) is 0 Å². The summed E-state index contributed by atoms with van der Waals surface area (Å²) in [7, 11) is 0. The summed E-state index contributed by atoms with van der Waals surface area (Å²) in [4.78, 5) is 23.3. The third-order valence-electron chi connectivity index (χ3n) is 3.26. The number of aromatic amines is 1. The second-order valence-electron chi connectivity index (χ2n) is 5.20. The van der Waals surface area contributed by atoms with Crippen molar-refractivity contribution < 1.29 is 9.53 Å². The zero-order valence-corrected chi connectivity index (χ0v) is 14.3. The first-order chi connectivity index (χ1) is 11.5. The third kappa shape index (κ3) is 5.06. The first kappa shape index (κ1) is 17.9. The Balaban J connectivity index is 2.11. The fourth-order valence-corrected chi connectivity index (χ4v) is 2.19. The number of nitrogens with one attached hydrogen (secondary N) is 1. The zero-order valence-electron chi connectivity index (χ0n) is 13.6. The normalized spacial score (nSPS) is 11.5. The van der Waals surface area contributed by atoms with Crippen LogP contribution in [0.15, 0.2) is 34.2 Å². The lowest BCUT2D eigenvalue weighted by molar-refractivity contribution is -0.142. The molecule has 0 bridgehead atoms. The van der Waals surface area contributed by atoms with E-state index < -0.39 is 5.69 Å². The van der Waals surface area contributed by atoms with Crippen LogP contribution in [0.5, 0.6) is 0 Å². The van der Waals surface area contributed by atoms with Crippen LogP contribution in [-0.2, 0) is 16.0 Å². The van der Waals surface area contributed by atoms with Gasteiger partial charge in [-0.2, -0.15) is 14.9 Å². The van der Waals surface area contributed by atoms with E-state index in [1.165, 1.54) is 4.68 Å². The van der Waals surface area contributed by atoms with Gasteiger partial charge in [0.2, 0.25) is 0 Å². The fourth-order valence-electron chi connectivity index (χ4n) is 2.06. The zero-order chi connectivity index (χ0) is 17.5. The number of hydrogen-bond donors (Lipinski definition) is 1. The predicted octanol–water partition coefficient (Wildman–Crippen LogP) is 2.38. The maximum Gasteiger partial charge on any atom is 0.364 e. The molecule has 128 valence electrons. The van der Waals surface area contributed by atoms with Crippen LogP contribution in [-0.4, -0.2) is 33.2 Å². The molecule has 1 aromatic heterocycles. The van der Waals surface area contributed by atoms with E-state index in [9.17, 15) is 9.59 Å². The number of esters is 1. The van der Waals surface area contributed by atoms with Gasteiger partial charge in [0, 0.05) is 17.2 Å². The molecular weight excluding hydrogens is 332 g/mol. The average molecular weight is 351 g/mol. The highest BCUT2D eigenvalue weighted by atomic mass is 35.5. The van der Waals surface area contributed by atoms with Gasteiger partial charge in [0.1, 0.15) is 0 Å². The van der Waals surface area contributed by atoms with E-state index in [1.807, 2.05) is 12.1 Å². The van der Waals surface area contributed by atoms with Gasteiger partial charge >= 0.3 is 11.7 Å². The maximum atomic E-state index is 11.9. The van der Waals surface area contributed by atoms with Crippen LogP contribution in [0.4, 0.5) is 0 Å². The van der Waals surface area contributed by atoms with Crippen molar-refractivity contribution in [3.05, 3.63) is 51.2 Å². The van der Waals surface area contributed by atoms with Crippen LogP contribution >= 0.6 is 11.6 Å². The minimum Gasteiger partial charge on any atom is -0.466 e. The summed E-state index contributed by atoms with van der Waals surface area (Å²) >= 11 is 5.86. The molecule has 0 spiro atoms. The number of H-pyrrole nitrogens is 1. The van der Waals surface area contributed by atoms with Crippen molar-refractivity contribution in [2.75, 3.05) is 6.61 Å². The molecular formula is C16H19ClN4O3. The van der Waals surface area contributed by atoms with Gasteiger partial charge in [0.25, 0.3) is 0 Å². The van der Waals surface area contributed by atoms with Gasteiger partial charge < -0.3 is 4.74 Å². The number of halogens is 1. The molecule has 0 aliphatic carbocycles. The molecule has 0 amide bonds. The van der Waals surface area contributed by atoms with Gasteiger partial charge in [0.05, 0.1) is 13.0 Å². The third-order valence-corrected chi connectivity index (χ3v) is 3.51. The summed E-state index contributed by atoms with van der Waals surface area (Å²) < 4.78 is 6.09. The number of ether oxygens (including phenoxy) is 1. The van der Waals surface area contributed by atoms with Crippen molar-refractivity contribution in [3.63, 3.8) is 0 Å². The molecule has 24 heavy (non-hydrogen) atoms. The summed E-state index contributed by atoms with van der Waals surface area (Å²) in [5.74, 6) is 0.200. The molecule has 1 N–H and O–H groups in total. The van der Waals surface area contributed by atoms with Crippen molar-refractivity contribution in [3.8, 4) is 0 Å². The van der Waals surface area contributed by atoms with Gasteiger partial charge in [-0.3, -0.25) is 4.79 Å². The quantitative estimate of drug-likeness (QED) is 0.613. The average Bonchev–Trinajstić information content (AvgIpc) is 2.88. The van der Waals surface area contributed by atoms with Crippen LogP contribution < -0.4 is 5.69 Å². The summed E-state index contributed by atoms with van der Waals surface area (Å²) in [5, 5.41) is 11.3. The molecule has 2 rings (SSSR count). The summed E-state index contributed by atoms with van der Waals surface area (Å²) in [5.41, 5.74) is 1.18. The van der Waals surface area contributed by atoms with Crippen LogP contribution in [0, 0.1) is 0 Å². The number of aromatic nitrogens is 3. The Morgan fingerprint density at radius 2 is 2.04 bits per heavy atom. The van der Waals surface area contributed by atoms with Gasteiger partial charge in [-0.1, -0.05) is 23.7 Å². The fraction of sp³-hybridized carbons (Fsp3) is 0.375. The van der Waals surface area contributed by atoms with Crippen LogP contribution in [0.1, 0.15) is 38.1 Å². The highest BCUT2D eigenvalue weighted by Crippen LogP contribution is 2.12. The summed E-state index contributed by atoms with van der Waals surface area (Å²) in [6.07, 6.45) is 1.07. The molecule has 0 aliphatic rings. The lowest BCUT2D eigenvalue weighted by atomic mass is 10.1. The SMILES string of the molecule is CCOC(=O)CC/C(C)=N\n1c(Cc2ccc(Cl)cc2)n[nH]c1=O. The molecule has 0 saturated carbocycles. The molecule has 1 heterocycles. The first-order valence-corrected chi connectivity index (χ1v) is 7.98. The van der Waals surface area contributed by atoms with Crippen molar-refractivity contribution >= 4 is 23.3 Å². The minimum atomic E-state index is -0.422. The van der Waals surface area contributed by atoms with E-state index >= 15 is 0 Å². The Labute approximate surface area is 144 Å². The van der Waals surface area contributed by atoms with Gasteiger partial charge in [0.15, 0.2) is 5.82 Å². The van der Waals surface area contributed by atoms with E-state index in [0.717, 1.165) is 5.56 Å². The van der Waals surface area contributed by atoms with E-state index in [1.54, 1.807) is 26.0 Å². The predicted molar refractivity (Wildman–Crippen MR) is 91.5 cm³/mol. The number of nitrogens with zero attached hydrogens (tertiary/aromatic N) is 3. The monoisotopic (exact) mass is 350 g/mol. The molecule has 0 fully saturated rings. The molecule has 0 unspecified atom stereocenters.